The molecule has 0 aromatic carbocycles. The third kappa shape index (κ3) is 4.18. The summed E-state index contributed by atoms with van der Waals surface area (Å²) in [5.74, 6) is 0. The van der Waals surface area contributed by atoms with Gasteiger partial charge >= 0.3 is 0 Å². The SMILES string of the molecule is CN1CCCN(S(=O)(=O)N(C)CCCN)CC1. The highest BCUT2D eigenvalue weighted by Gasteiger charge is 2.27. The summed E-state index contributed by atoms with van der Waals surface area (Å²) in [5.41, 5.74) is 5.40. The quantitative estimate of drug-likeness (QED) is 0.702. The van der Waals surface area contributed by atoms with Crippen LogP contribution in [0.1, 0.15) is 12.8 Å². The molecule has 0 spiro atoms. The van der Waals surface area contributed by atoms with Crippen LogP contribution in [0.2, 0.25) is 0 Å². The van der Waals surface area contributed by atoms with Crippen molar-refractivity contribution >= 4 is 10.2 Å². The first-order valence-electron chi connectivity index (χ1n) is 6.08. The Kier molecular flexibility index (Phi) is 5.81. The summed E-state index contributed by atoms with van der Waals surface area (Å²) in [6.07, 6.45) is 1.59. The van der Waals surface area contributed by atoms with Crippen molar-refractivity contribution < 1.29 is 8.42 Å². The van der Waals surface area contributed by atoms with Gasteiger partial charge in [0.2, 0.25) is 0 Å². The lowest BCUT2D eigenvalue weighted by atomic mass is 10.4. The highest BCUT2D eigenvalue weighted by atomic mass is 32.2. The molecule has 1 aliphatic rings. The van der Waals surface area contributed by atoms with Crippen molar-refractivity contribution in [1.29, 1.82) is 0 Å². The second-order valence-electron chi connectivity index (χ2n) is 4.53. The molecule has 0 saturated carbocycles. The number of likely N-dealkylation sites (N-methyl/N-ethyl adjacent to an activating group) is 1. The Bertz CT molecular complexity index is 320. The van der Waals surface area contributed by atoms with E-state index in [9.17, 15) is 8.42 Å². The number of nitrogens with two attached hydrogens (primary N) is 1. The Morgan fingerprint density at radius 3 is 2.59 bits per heavy atom. The van der Waals surface area contributed by atoms with Gasteiger partial charge in [0.15, 0.2) is 0 Å². The van der Waals surface area contributed by atoms with E-state index >= 15 is 0 Å². The molecular weight excluding hydrogens is 240 g/mol. The van der Waals surface area contributed by atoms with Crippen molar-refractivity contribution in [2.75, 3.05) is 53.4 Å². The van der Waals surface area contributed by atoms with Gasteiger partial charge in [0.05, 0.1) is 0 Å². The molecule has 1 rings (SSSR count). The highest BCUT2D eigenvalue weighted by molar-refractivity contribution is 7.86. The average Bonchev–Trinajstić information content (AvgIpc) is 2.51. The number of hydrogen-bond acceptors (Lipinski definition) is 4. The lowest BCUT2D eigenvalue weighted by molar-refractivity contribution is 0.336. The maximum atomic E-state index is 12.2. The Balaban J connectivity index is 2.62. The van der Waals surface area contributed by atoms with E-state index in [-0.39, 0.29) is 0 Å². The van der Waals surface area contributed by atoms with E-state index in [2.05, 4.69) is 4.90 Å². The number of rotatable bonds is 5. The fraction of sp³-hybridized carbons (Fsp3) is 1.00. The predicted octanol–water partition coefficient (Wildman–Crippen LogP) is -0.851. The minimum atomic E-state index is -3.30. The Morgan fingerprint density at radius 1 is 1.24 bits per heavy atom. The topological polar surface area (TPSA) is 69.9 Å². The Morgan fingerprint density at radius 2 is 1.94 bits per heavy atom. The lowest BCUT2D eigenvalue weighted by Gasteiger charge is -2.26. The van der Waals surface area contributed by atoms with E-state index in [0.717, 1.165) is 19.5 Å². The van der Waals surface area contributed by atoms with Crippen LogP contribution in [0.4, 0.5) is 0 Å². The van der Waals surface area contributed by atoms with Crippen molar-refractivity contribution in [1.82, 2.24) is 13.5 Å². The van der Waals surface area contributed by atoms with Gasteiger partial charge in [-0.05, 0) is 33.0 Å². The average molecular weight is 264 g/mol. The van der Waals surface area contributed by atoms with Crippen molar-refractivity contribution in [3.63, 3.8) is 0 Å². The maximum absolute atomic E-state index is 12.2. The van der Waals surface area contributed by atoms with Crippen molar-refractivity contribution in [3.05, 3.63) is 0 Å². The van der Waals surface area contributed by atoms with Crippen molar-refractivity contribution in [3.8, 4) is 0 Å². The van der Waals surface area contributed by atoms with Crippen LogP contribution in [-0.4, -0.2) is 75.3 Å². The van der Waals surface area contributed by atoms with Gasteiger partial charge in [-0.1, -0.05) is 0 Å². The fourth-order valence-corrected chi connectivity index (χ4v) is 3.31. The highest BCUT2D eigenvalue weighted by Crippen LogP contribution is 2.10. The molecular formula is C10H24N4O2S. The minimum Gasteiger partial charge on any atom is -0.330 e. The lowest BCUT2D eigenvalue weighted by Crippen LogP contribution is -2.44. The van der Waals surface area contributed by atoms with Crippen molar-refractivity contribution in [2.24, 2.45) is 5.73 Å². The summed E-state index contributed by atoms with van der Waals surface area (Å²) in [6, 6.07) is 0. The van der Waals surface area contributed by atoms with E-state index in [1.807, 2.05) is 7.05 Å². The molecule has 102 valence electrons. The molecule has 0 aromatic rings. The summed E-state index contributed by atoms with van der Waals surface area (Å²) in [5, 5.41) is 0. The van der Waals surface area contributed by atoms with E-state index in [1.54, 1.807) is 11.4 Å². The van der Waals surface area contributed by atoms with Crippen LogP contribution in [0.25, 0.3) is 0 Å². The number of nitrogens with zero attached hydrogens (tertiary/aromatic N) is 3. The molecule has 0 bridgehead atoms. The van der Waals surface area contributed by atoms with Gasteiger partial charge in [0, 0.05) is 33.2 Å². The van der Waals surface area contributed by atoms with Gasteiger partial charge < -0.3 is 10.6 Å². The summed E-state index contributed by atoms with van der Waals surface area (Å²) >= 11 is 0. The van der Waals surface area contributed by atoms with E-state index in [4.69, 9.17) is 5.73 Å². The van der Waals surface area contributed by atoms with E-state index < -0.39 is 10.2 Å². The fourth-order valence-electron chi connectivity index (χ4n) is 1.88. The molecule has 0 radical (unpaired) electrons. The first-order chi connectivity index (χ1) is 7.98. The maximum Gasteiger partial charge on any atom is 0.281 e. The Hall–Kier alpha value is -0.210. The molecule has 0 unspecified atom stereocenters. The minimum absolute atomic E-state index is 0.491. The second kappa shape index (κ2) is 6.65. The molecule has 17 heavy (non-hydrogen) atoms. The first kappa shape index (κ1) is 14.8. The monoisotopic (exact) mass is 264 g/mol. The van der Waals surface area contributed by atoms with Gasteiger partial charge in [0.25, 0.3) is 10.2 Å². The molecule has 0 amide bonds. The van der Waals surface area contributed by atoms with Gasteiger partial charge in [-0.3, -0.25) is 0 Å². The van der Waals surface area contributed by atoms with Crippen LogP contribution >= 0.6 is 0 Å². The van der Waals surface area contributed by atoms with Crippen LogP contribution in [0.15, 0.2) is 0 Å². The molecule has 0 aliphatic carbocycles. The van der Waals surface area contributed by atoms with Crippen LogP contribution in [0, 0.1) is 0 Å². The van der Waals surface area contributed by atoms with Gasteiger partial charge in [-0.2, -0.15) is 17.0 Å². The third-order valence-corrected chi connectivity index (χ3v) is 5.06. The normalized spacial score (nSPS) is 20.7. The zero-order chi connectivity index (χ0) is 12.9. The van der Waals surface area contributed by atoms with Crippen LogP contribution in [0.3, 0.4) is 0 Å². The molecule has 1 saturated heterocycles. The molecule has 0 atom stereocenters. The molecule has 7 heteroatoms. The summed E-state index contributed by atoms with van der Waals surface area (Å²) in [6.45, 7) is 3.95. The molecule has 2 N–H and O–H groups in total. The summed E-state index contributed by atoms with van der Waals surface area (Å²) in [7, 11) is 0.350. The van der Waals surface area contributed by atoms with Crippen LogP contribution in [-0.2, 0) is 10.2 Å². The predicted molar refractivity (Wildman–Crippen MR) is 68.9 cm³/mol. The molecule has 6 nitrogen and oxygen atoms in total. The summed E-state index contributed by atoms with van der Waals surface area (Å²) < 4.78 is 27.5. The second-order valence-corrected chi connectivity index (χ2v) is 6.56. The first-order valence-corrected chi connectivity index (χ1v) is 7.48. The molecule has 1 fully saturated rings. The largest absolute Gasteiger partial charge is 0.330 e. The Labute approximate surface area is 105 Å². The smallest absolute Gasteiger partial charge is 0.281 e. The molecule has 1 aliphatic heterocycles. The zero-order valence-corrected chi connectivity index (χ0v) is 11.6. The van der Waals surface area contributed by atoms with E-state index in [0.29, 0.717) is 32.6 Å². The molecule has 0 aromatic heterocycles. The number of hydrogen-bond donors (Lipinski definition) is 1. The third-order valence-electron chi connectivity index (χ3n) is 3.08. The van der Waals surface area contributed by atoms with Gasteiger partial charge in [-0.25, -0.2) is 0 Å². The van der Waals surface area contributed by atoms with Crippen LogP contribution in [0.5, 0.6) is 0 Å². The standard InChI is InChI=1S/C10H24N4O2S/c1-12-6-4-8-14(10-9-12)17(15,16)13(2)7-3-5-11/h3-11H2,1-2H3. The van der Waals surface area contributed by atoms with Crippen molar-refractivity contribution in [2.45, 2.75) is 12.8 Å². The van der Waals surface area contributed by atoms with Gasteiger partial charge in [-0.15, -0.1) is 0 Å². The molecule has 1 heterocycles. The summed E-state index contributed by atoms with van der Waals surface area (Å²) in [4.78, 5) is 2.16. The van der Waals surface area contributed by atoms with Crippen LogP contribution < -0.4 is 5.73 Å². The van der Waals surface area contributed by atoms with Gasteiger partial charge in [0.1, 0.15) is 0 Å². The van der Waals surface area contributed by atoms with E-state index in [1.165, 1.54) is 4.31 Å². The zero-order valence-electron chi connectivity index (χ0n) is 10.8.